The Hall–Kier alpha value is -1.95. The molecular weight excluding hydrogens is 310 g/mol. The molecule has 1 aromatic carbocycles. The zero-order valence-corrected chi connectivity index (χ0v) is 14.8. The summed E-state index contributed by atoms with van der Waals surface area (Å²) < 4.78 is 5.49. The summed E-state index contributed by atoms with van der Waals surface area (Å²) in [5, 5.41) is 12.2. The Morgan fingerprint density at radius 1 is 1.17 bits per heavy atom. The maximum Gasteiger partial charge on any atom is 0.264 e. The Kier molecular flexibility index (Phi) is 6.10. The second-order valence-corrected chi connectivity index (χ2v) is 7.22. The number of rotatable bonds is 7. The minimum atomic E-state index is -0.231. The maximum absolute atomic E-state index is 11.9. The van der Waals surface area contributed by atoms with Gasteiger partial charge in [0.25, 0.3) is 5.91 Å². The van der Waals surface area contributed by atoms with Crippen LogP contribution in [0, 0.1) is 5.92 Å². The number of nitrogens with zero attached hydrogens (tertiary/aromatic N) is 2. The van der Waals surface area contributed by atoms with Crippen molar-refractivity contribution in [2.75, 3.05) is 11.9 Å². The normalized spacial score (nSPS) is 11.0. The lowest BCUT2D eigenvalue weighted by Crippen LogP contribution is -2.20. The van der Waals surface area contributed by atoms with E-state index in [0.29, 0.717) is 22.7 Å². The molecule has 124 valence electrons. The van der Waals surface area contributed by atoms with Gasteiger partial charge in [-0.3, -0.25) is 10.1 Å². The summed E-state index contributed by atoms with van der Waals surface area (Å²) in [4.78, 5) is 11.9. The van der Waals surface area contributed by atoms with Gasteiger partial charge in [0.1, 0.15) is 10.8 Å². The van der Waals surface area contributed by atoms with Gasteiger partial charge in [-0.15, -0.1) is 10.2 Å². The second kappa shape index (κ2) is 8.06. The van der Waals surface area contributed by atoms with Crippen molar-refractivity contribution >= 4 is 22.4 Å². The van der Waals surface area contributed by atoms with Crippen molar-refractivity contribution in [3.05, 3.63) is 34.8 Å². The third-order valence-corrected chi connectivity index (χ3v) is 4.07. The fourth-order valence-corrected chi connectivity index (χ4v) is 2.96. The van der Waals surface area contributed by atoms with E-state index in [2.05, 4.69) is 43.2 Å². The van der Waals surface area contributed by atoms with Gasteiger partial charge in [-0.1, -0.05) is 51.2 Å². The molecule has 2 rings (SSSR count). The molecular formula is C17H23N3O2S. The Morgan fingerprint density at radius 3 is 2.48 bits per heavy atom. The highest BCUT2D eigenvalue weighted by molar-refractivity contribution is 7.15. The van der Waals surface area contributed by atoms with Gasteiger partial charge in [-0.2, -0.15) is 0 Å². The van der Waals surface area contributed by atoms with Crippen LogP contribution in [0.15, 0.2) is 24.3 Å². The van der Waals surface area contributed by atoms with Gasteiger partial charge in [-0.25, -0.2) is 0 Å². The number of amides is 1. The average molecular weight is 333 g/mol. The van der Waals surface area contributed by atoms with Crippen LogP contribution < -0.4 is 10.1 Å². The third-order valence-electron chi connectivity index (χ3n) is 3.21. The Labute approximate surface area is 141 Å². The fraction of sp³-hybridized carbons (Fsp3) is 0.471. The quantitative estimate of drug-likeness (QED) is 0.835. The Balaban J connectivity index is 1.81. The molecule has 0 spiro atoms. The Morgan fingerprint density at radius 2 is 1.87 bits per heavy atom. The van der Waals surface area contributed by atoms with Crippen molar-refractivity contribution in [3.63, 3.8) is 0 Å². The summed E-state index contributed by atoms with van der Waals surface area (Å²) >= 11 is 1.41. The number of carbonyl (C=O) groups excluding carboxylic acids is 1. The molecule has 1 heterocycles. The molecule has 1 N–H and O–H groups in total. The average Bonchev–Trinajstić information content (AvgIpc) is 2.91. The van der Waals surface area contributed by atoms with Crippen molar-refractivity contribution in [1.29, 1.82) is 0 Å². The fourth-order valence-electron chi connectivity index (χ4n) is 1.99. The number of hydrogen-bond acceptors (Lipinski definition) is 5. The molecule has 0 atom stereocenters. The third kappa shape index (κ3) is 5.63. The molecule has 0 saturated heterocycles. The van der Waals surface area contributed by atoms with Crippen molar-refractivity contribution in [1.82, 2.24) is 10.2 Å². The molecule has 0 bridgehead atoms. The first kappa shape index (κ1) is 17.4. The maximum atomic E-state index is 11.9. The van der Waals surface area contributed by atoms with Gasteiger partial charge in [0.15, 0.2) is 6.61 Å². The molecule has 6 heteroatoms. The van der Waals surface area contributed by atoms with Crippen LogP contribution in [0.4, 0.5) is 5.13 Å². The monoisotopic (exact) mass is 333 g/mol. The molecule has 0 aliphatic heterocycles. The van der Waals surface area contributed by atoms with Gasteiger partial charge in [0.2, 0.25) is 5.13 Å². The topological polar surface area (TPSA) is 64.1 Å². The molecule has 0 aliphatic carbocycles. The highest BCUT2D eigenvalue weighted by Gasteiger charge is 2.10. The summed E-state index contributed by atoms with van der Waals surface area (Å²) in [5.41, 5.74) is 1.24. The zero-order chi connectivity index (χ0) is 16.8. The smallest absolute Gasteiger partial charge is 0.264 e. The lowest BCUT2D eigenvalue weighted by Gasteiger charge is -2.08. The number of nitrogens with one attached hydrogen (secondary N) is 1. The Bertz CT molecular complexity index is 636. The standard InChI is InChI=1S/C17H23N3O2S/c1-11(2)9-16-19-20-17(23-16)18-15(21)10-22-14-7-5-13(6-8-14)12(3)4/h5-8,11-12H,9-10H2,1-4H3,(H,18,20,21). The number of carbonyl (C=O) groups is 1. The number of aromatic nitrogens is 2. The van der Waals surface area contributed by atoms with Gasteiger partial charge in [-0.05, 0) is 29.5 Å². The molecule has 0 aliphatic rings. The molecule has 2 aromatic rings. The number of anilines is 1. The number of ether oxygens (including phenoxy) is 1. The SMILES string of the molecule is CC(C)Cc1nnc(NC(=O)COc2ccc(C(C)C)cc2)s1. The van der Waals surface area contributed by atoms with Gasteiger partial charge in [0.05, 0.1) is 0 Å². The molecule has 1 amide bonds. The lowest BCUT2D eigenvalue weighted by atomic mass is 10.0. The van der Waals surface area contributed by atoms with E-state index < -0.39 is 0 Å². The van der Waals surface area contributed by atoms with E-state index in [4.69, 9.17) is 4.74 Å². The van der Waals surface area contributed by atoms with Crippen LogP contribution >= 0.6 is 11.3 Å². The summed E-state index contributed by atoms with van der Waals surface area (Å²) in [7, 11) is 0. The first-order chi connectivity index (χ1) is 10.9. The van der Waals surface area contributed by atoms with Crippen LogP contribution in [-0.4, -0.2) is 22.7 Å². The van der Waals surface area contributed by atoms with Crippen LogP contribution in [0.5, 0.6) is 5.75 Å². The van der Waals surface area contributed by atoms with Crippen LogP contribution in [0.25, 0.3) is 0 Å². The summed E-state index contributed by atoms with van der Waals surface area (Å²) in [6.45, 7) is 8.48. The van der Waals surface area contributed by atoms with E-state index in [1.807, 2.05) is 24.3 Å². The lowest BCUT2D eigenvalue weighted by molar-refractivity contribution is -0.118. The summed E-state index contributed by atoms with van der Waals surface area (Å²) in [6.07, 6.45) is 0.867. The second-order valence-electron chi connectivity index (χ2n) is 6.16. The molecule has 23 heavy (non-hydrogen) atoms. The molecule has 0 fully saturated rings. The van der Waals surface area contributed by atoms with E-state index in [0.717, 1.165) is 11.4 Å². The minimum absolute atomic E-state index is 0.0415. The molecule has 0 radical (unpaired) electrons. The predicted molar refractivity (Wildman–Crippen MR) is 93.1 cm³/mol. The highest BCUT2D eigenvalue weighted by Crippen LogP contribution is 2.20. The van der Waals surface area contributed by atoms with Crippen molar-refractivity contribution in [2.24, 2.45) is 5.92 Å². The largest absolute Gasteiger partial charge is 0.484 e. The molecule has 0 unspecified atom stereocenters. The van der Waals surface area contributed by atoms with Crippen molar-refractivity contribution in [2.45, 2.75) is 40.0 Å². The van der Waals surface area contributed by atoms with E-state index in [1.54, 1.807) is 0 Å². The zero-order valence-electron chi connectivity index (χ0n) is 14.0. The molecule has 1 aromatic heterocycles. The predicted octanol–water partition coefficient (Wildman–Crippen LogP) is 3.88. The first-order valence-corrected chi connectivity index (χ1v) is 8.60. The van der Waals surface area contributed by atoms with Crippen LogP contribution in [0.2, 0.25) is 0 Å². The van der Waals surface area contributed by atoms with E-state index in [1.165, 1.54) is 16.9 Å². The number of benzene rings is 1. The van der Waals surface area contributed by atoms with Crippen molar-refractivity contribution < 1.29 is 9.53 Å². The number of hydrogen-bond donors (Lipinski definition) is 1. The van der Waals surface area contributed by atoms with E-state index in [9.17, 15) is 4.79 Å². The summed E-state index contributed by atoms with van der Waals surface area (Å²) in [5.74, 6) is 1.45. The van der Waals surface area contributed by atoms with E-state index >= 15 is 0 Å². The first-order valence-electron chi connectivity index (χ1n) is 7.79. The van der Waals surface area contributed by atoms with Crippen LogP contribution in [-0.2, 0) is 11.2 Å². The van der Waals surface area contributed by atoms with Crippen LogP contribution in [0.3, 0.4) is 0 Å². The van der Waals surface area contributed by atoms with Gasteiger partial charge < -0.3 is 4.74 Å². The van der Waals surface area contributed by atoms with E-state index in [-0.39, 0.29) is 12.5 Å². The molecule has 5 nitrogen and oxygen atoms in total. The highest BCUT2D eigenvalue weighted by atomic mass is 32.1. The van der Waals surface area contributed by atoms with Gasteiger partial charge >= 0.3 is 0 Å². The van der Waals surface area contributed by atoms with Gasteiger partial charge in [0, 0.05) is 6.42 Å². The van der Waals surface area contributed by atoms with Crippen LogP contribution in [0.1, 0.15) is 44.2 Å². The summed E-state index contributed by atoms with van der Waals surface area (Å²) in [6, 6.07) is 7.80. The molecule has 0 saturated carbocycles. The minimum Gasteiger partial charge on any atom is -0.484 e. The van der Waals surface area contributed by atoms with Crippen molar-refractivity contribution in [3.8, 4) is 5.75 Å².